The predicted octanol–water partition coefficient (Wildman–Crippen LogP) is 4.86. The van der Waals surface area contributed by atoms with Gasteiger partial charge in [0.1, 0.15) is 5.60 Å². The average molecular weight is 454 g/mol. The summed E-state index contributed by atoms with van der Waals surface area (Å²) in [6.45, 7) is 16.2. The molecule has 1 fully saturated rings. The van der Waals surface area contributed by atoms with Crippen molar-refractivity contribution in [3.63, 3.8) is 0 Å². The number of ether oxygens (including phenoxy) is 1. The second-order valence-corrected chi connectivity index (χ2v) is 11.9. The molecule has 6 heteroatoms. The number of allylic oxidation sites excluding steroid dienone is 2. The number of esters is 1. The van der Waals surface area contributed by atoms with Crippen molar-refractivity contribution in [2.75, 3.05) is 13.1 Å². The lowest BCUT2D eigenvalue weighted by molar-refractivity contribution is -0.149. The van der Waals surface area contributed by atoms with Crippen molar-refractivity contribution < 1.29 is 17.9 Å². The van der Waals surface area contributed by atoms with Gasteiger partial charge in [0.25, 0.3) is 0 Å². The smallest absolute Gasteiger partial charge is 0.334 e. The molecule has 4 rings (SSSR count). The van der Waals surface area contributed by atoms with Gasteiger partial charge >= 0.3 is 5.97 Å². The largest absolute Gasteiger partial charge is 0.451 e. The fraction of sp³-hybridized carbons (Fsp3) is 0.423. The molecule has 0 saturated carbocycles. The van der Waals surface area contributed by atoms with Gasteiger partial charge in [-0.25, -0.2) is 13.2 Å². The number of hydrogen-bond acceptors (Lipinski definition) is 4. The van der Waals surface area contributed by atoms with Gasteiger partial charge in [-0.3, -0.25) is 0 Å². The molecule has 0 N–H and O–H groups in total. The molecule has 170 valence electrons. The average Bonchev–Trinajstić information content (AvgIpc) is 3.13. The van der Waals surface area contributed by atoms with E-state index in [2.05, 4.69) is 20.4 Å². The second-order valence-electron chi connectivity index (χ2n) is 9.91. The molecule has 0 unspecified atom stereocenters. The van der Waals surface area contributed by atoms with Gasteiger partial charge in [0, 0.05) is 29.7 Å². The highest BCUT2D eigenvalue weighted by molar-refractivity contribution is 7.89. The lowest BCUT2D eigenvalue weighted by Crippen LogP contribution is -2.43. The van der Waals surface area contributed by atoms with Crippen LogP contribution in [0.4, 0.5) is 0 Å². The first-order valence-corrected chi connectivity index (χ1v) is 12.4. The van der Waals surface area contributed by atoms with Crippen molar-refractivity contribution in [1.29, 1.82) is 0 Å². The predicted molar refractivity (Wildman–Crippen MR) is 125 cm³/mol. The number of fused-ring (bicyclic) bond motifs is 2. The van der Waals surface area contributed by atoms with Gasteiger partial charge in [0.15, 0.2) is 0 Å². The summed E-state index contributed by atoms with van der Waals surface area (Å²) < 4.78 is 34.4. The van der Waals surface area contributed by atoms with E-state index in [0.29, 0.717) is 23.4 Å². The van der Waals surface area contributed by atoms with Crippen LogP contribution in [-0.4, -0.2) is 37.4 Å². The normalized spacial score (nSPS) is 22.6. The molecule has 0 atom stereocenters. The van der Waals surface area contributed by atoms with Gasteiger partial charge in [0.05, 0.1) is 4.90 Å². The molecule has 1 saturated heterocycles. The van der Waals surface area contributed by atoms with Crippen molar-refractivity contribution in [2.24, 2.45) is 5.41 Å². The van der Waals surface area contributed by atoms with E-state index in [0.717, 1.165) is 33.4 Å². The van der Waals surface area contributed by atoms with E-state index in [1.807, 2.05) is 45.9 Å². The highest BCUT2D eigenvalue weighted by Gasteiger charge is 2.51. The van der Waals surface area contributed by atoms with Crippen LogP contribution in [0, 0.1) is 12.3 Å². The summed E-state index contributed by atoms with van der Waals surface area (Å²) in [4.78, 5) is 13.0. The maximum absolute atomic E-state index is 13.5. The highest BCUT2D eigenvalue weighted by atomic mass is 32.2. The highest BCUT2D eigenvalue weighted by Crippen LogP contribution is 2.56. The van der Waals surface area contributed by atoms with Crippen LogP contribution in [0.15, 0.2) is 75.3 Å². The molecule has 0 aromatic heterocycles. The number of benzene rings is 1. The summed E-state index contributed by atoms with van der Waals surface area (Å²) >= 11 is 0. The van der Waals surface area contributed by atoms with Crippen LogP contribution >= 0.6 is 0 Å². The van der Waals surface area contributed by atoms with Crippen LogP contribution < -0.4 is 0 Å². The Morgan fingerprint density at radius 1 is 1.03 bits per heavy atom. The van der Waals surface area contributed by atoms with E-state index in [1.165, 1.54) is 0 Å². The molecule has 0 spiro atoms. The lowest BCUT2D eigenvalue weighted by atomic mass is 9.61. The minimum absolute atomic E-state index is 0.259. The molecule has 1 aromatic carbocycles. The number of nitrogens with zero attached hydrogens (tertiary/aromatic N) is 1. The number of aryl methyl sites for hydroxylation is 1. The zero-order valence-corrected chi connectivity index (χ0v) is 20.5. The fourth-order valence-corrected chi connectivity index (χ4v) is 6.81. The maximum Gasteiger partial charge on any atom is 0.334 e. The minimum atomic E-state index is -3.67. The molecular weight excluding hydrogens is 422 g/mol. The van der Waals surface area contributed by atoms with Crippen LogP contribution in [0.5, 0.6) is 0 Å². The molecule has 0 radical (unpaired) electrons. The summed E-state index contributed by atoms with van der Waals surface area (Å²) in [6.07, 6.45) is 2.48. The van der Waals surface area contributed by atoms with Crippen LogP contribution in [-0.2, 0) is 19.6 Å². The van der Waals surface area contributed by atoms with Crippen molar-refractivity contribution in [3.8, 4) is 0 Å². The molecular formula is C26H31NO4S. The van der Waals surface area contributed by atoms with Crippen LogP contribution in [0.3, 0.4) is 0 Å². The van der Waals surface area contributed by atoms with Gasteiger partial charge in [-0.2, -0.15) is 4.31 Å². The minimum Gasteiger partial charge on any atom is -0.451 e. The molecule has 5 nitrogen and oxygen atoms in total. The Bertz CT molecular complexity index is 1220. The van der Waals surface area contributed by atoms with E-state index in [4.69, 9.17) is 4.74 Å². The summed E-state index contributed by atoms with van der Waals surface area (Å²) in [5, 5.41) is 0. The monoisotopic (exact) mass is 453 g/mol. The summed E-state index contributed by atoms with van der Waals surface area (Å²) in [6, 6.07) is 6.96. The second kappa shape index (κ2) is 7.29. The SMILES string of the molecule is C=CCC1=C2CN(S(=O)(=O)c3ccc(C)cc3)CC2=C2C(=C(C)C(=O)OC2(C)C)C1(C)C. The number of carbonyl (C=O) groups excluding carboxylic acids is 1. The van der Waals surface area contributed by atoms with Crippen LogP contribution in [0.25, 0.3) is 0 Å². The van der Waals surface area contributed by atoms with E-state index in [9.17, 15) is 13.2 Å². The molecule has 1 aromatic rings. The standard InChI is InChI=1S/C26H31NO4S/c1-8-9-21-19-14-27(32(29,30)18-12-10-16(2)11-13-18)15-20(19)23-22(25(21,4)5)17(3)24(28)31-26(23,6)7/h8,10-13H,1,9,14-15H2,2-7H3. The molecule has 0 bridgehead atoms. The van der Waals surface area contributed by atoms with E-state index in [-0.39, 0.29) is 12.5 Å². The van der Waals surface area contributed by atoms with Gasteiger partial charge in [0.2, 0.25) is 10.0 Å². The third-order valence-corrected chi connectivity index (χ3v) is 8.77. The topological polar surface area (TPSA) is 63.7 Å². The molecule has 3 aliphatic rings. The summed E-state index contributed by atoms with van der Waals surface area (Å²) in [5.41, 5.74) is 5.35. The third-order valence-electron chi connectivity index (χ3n) is 6.97. The number of rotatable bonds is 4. The van der Waals surface area contributed by atoms with Crippen LogP contribution in [0.1, 0.15) is 46.6 Å². The molecule has 0 amide bonds. The van der Waals surface area contributed by atoms with Crippen molar-refractivity contribution in [1.82, 2.24) is 4.31 Å². The number of cyclic esters (lactones) is 1. The Morgan fingerprint density at radius 3 is 2.22 bits per heavy atom. The maximum atomic E-state index is 13.5. The third kappa shape index (κ3) is 3.23. The molecule has 32 heavy (non-hydrogen) atoms. The molecule has 2 heterocycles. The zero-order valence-electron chi connectivity index (χ0n) is 19.7. The Labute approximate surface area is 191 Å². The summed E-state index contributed by atoms with van der Waals surface area (Å²) in [7, 11) is -3.67. The lowest BCUT2D eigenvalue weighted by Gasteiger charge is -2.46. The Hall–Kier alpha value is -2.44. The molecule has 2 aliphatic heterocycles. The van der Waals surface area contributed by atoms with Crippen molar-refractivity contribution >= 4 is 16.0 Å². The fourth-order valence-electron chi connectivity index (χ4n) is 5.43. The quantitative estimate of drug-likeness (QED) is 0.482. The number of carbonyl (C=O) groups is 1. The Balaban J connectivity index is 1.96. The summed E-state index contributed by atoms with van der Waals surface area (Å²) in [5.74, 6) is -0.314. The number of sulfonamides is 1. The van der Waals surface area contributed by atoms with Crippen molar-refractivity contribution in [3.05, 3.63) is 75.9 Å². The van der Waals surface area contributed by atoms with Gasteiger partial charge < -0.3 is 4.74 Å². The van der Waals surface area contributed by atoms with Gasteiger partial charge in [-0.05, 0) is 63.0 Å². The van der Waals surface area contributed by atoms with Gasteiger partial charge in [-0.15, -0.1) is 6.58 Å². The van der Waals surface area contributed by atoms with E-state index < -0.39 is 21.0 Å². The first-order chi connectivity index (χ1) is 14.8. The Morgan fingerprint density at radius 2 is 1.62 bits per heavy atom. The van der Waals surface area contributed by atoms with Gasteiger partial charge in [-0.1, -0.05) is 43.2 Å². The van der Waals surface area contributed by atoms with Crippen LogP contribution in [0.2, 0.25) is 0 Å². The zero-order chi connectivity index (χ0) is 23.6. The van der Waals surface area contributed by atoms with Crippen molar-refractivity contribution in [2.45, 2.75) is 58.5 Å². The molecule has 1 aliphatic carbocycles. The Kier molecular flexibility index (Phi) is 5.18. The first kappa shape index (κ1) is 22.7. The van der Waals surface area contributed by atoms with E-state index in [1.54, 1.807) is 16.4 Å². The first-order valence-electron chi connectivity index (χ1n) is 10.9. The van der Waals surface area contributed by atoms with E-state index >= 15 is 0 Å². The number of hydrogen-bond donors (Lipinski definition) is 0.